The van der Waals surface area contributed by atoms with Gasteiger partial charge in [0.2, 0.25) is 0 Å². The van der Waals surface area contributed by atoms with E-state index in [1.54, 1.807) is 4.22 Å². The van der Waals surface area contributed by atoms with Crippen LogP contribution in [0.1, 0.15) is 26.5 Å². The van der Waals surface area contributed by atoms with E-state index in [1.165, 1.54) is 0 Å². The van der Waals surface area contributed by atoms with E-state index in [-0.39, 0.29) is 5.41 Å². The largest absolute Gasteiger partial charge is 0.386 e. The molecule has 0 aliphatic carbocycles. The molecule has 0 radical (unpaired) electrons. The lowest BCUT2D eigenvalue weighted by atomic mass is 9.92. The molecule has 6 nitrogen and oxygen atoms in total. The summed E-state index contributed by atoms with van der Waals surface area (Å²) in [5.41, 5.74) is 5.57. The van der Waals surface area contributed by atoms with Gasteiger partial charge in [0.05, 0.1) is 26.6 Å². The summed E-state index contributed by atoms with van der Waals surface area (Å²) in [6.07, 6.45) is 0. The highest BCUT2D eigenvalue weighted by Crippen LogP contribution is 2.31. The highest BCUT2D eigenvalue weighted by molar-refractivity contribution is 14.1. The van der Waals surface area contributed by atoms with Crippen LogP contribution in [0.4, 0.5) is 11.4 Å². The van der Waals surface area contributed by atoms with Gasteiger partial charge in [-0.1, -0.05) is 20.8 Å². The number of aliphatic imine (C=N–C) groups is 1. The first-order chi connectivity index (χ1) is 10.9. The molecule has 0 saturated heterocycles. The second-order valence-electron chi connectivity index (χ2n) is 6.37. The van der Waals surface area contributed by atoms with Gasteiger partial charge in [-0.05, 0) is 40.8 Å². The maximum absolute atomic E-state index is 4.66. The van der Waals surface area contributed by atoms with Gasteiger partial charge in [-0.2, -0.15) is 5.10 Å². The van der Waals surface area contributed by atoms with E-state index < -0.39 is 0 Å². The molecule has 3 aromatic rings. The van der Waals surface area contributed by atoms with E-state index in [0.29, 0.717) is 0 Å². The van der Waals surface area contributed by atoms with Crippen molar-refractivity contribution in [2.24, 2.45) is 4.99 Å². The zero-order chi connectivity index (χ0) is 16.6. The highest BCUT2D eigenvalue weighted by atomic mass is 127. The number of rotatable bonds is 3. The Kier molecular flexibility index (Phi) is 4.13. The summed E-state index contributed by atoms with van der Waals surface area (Å²) in [5, 5.41) is 10.6. The number of halogens is 1. The molecule has 7 heteroatoms. The minimum absolute atomic E-state index is 0.0265. The van der Waals surface area contributed by atoms with Crippen molar-refractivity contribution < 1.29 is 0 Å². The second kappa shape index (κ2) is 5.95. The lowest BCUT2D eigenvalue weighted by Gasteiger charge is -2.14. The Morgan fingerprint density at radius 3 is 2.65 bits per heavy atom. The molecule has 0 aliphatic rings. The number of nitrogens with one attached hydrogen (secondary N) is 3. The topological polar surface area (TPSA) is 81.8 Å². The van der Waals surface area contributed by atoms with Gasteiger partial charge in [-0.25, -0.2) is 9.98 Å². The third-order valence-corrected chi connectivity index (χ3v) is 3.96. The standard InChI is InChI=1S/C16H19IN6/c1-16(2,3)14-7-13(22-23-14)15-20-11-5-9(18-4)10(19-8-17)6-12(11)21-15/h5-8,18H,1-4H3,(H,20,21)(H,22,23)/b19-8+. The summed E-state index contributed by atoms with van der Waals surface area (Å²) in [7, 11) is 1.88. The van der Waals surface area contributed by atoms with Crippen LogP contribution in [0.5, 0.6) is 0 Å². The van der Waals surface area contributed by atoms with Crippen LogP contribution < -0.4 is 5.32 Å². The van der Waals surface area contributed by atoms with Gasteiger partial charge in [0.25, 0.3) is 0 Å². The molecule has 0 amide bonds. The van der Waals surface area contributed by atoms with E-state index in [2.05, 4.69) is 73.8 Å². The van der Waals surface area contributed by atoms with Crippen LogP contribution in [-0.4, -0.2) is 31.4 Å². The Labute approximate surface area is 148 Å². The summed E-state index contributed by atoms with van der Waals surface area (Å²) in [4.78, 5) is 12.4. The highest BCUT2D eigenvalue weighted by Gasteiger charge is 2.18. The molecule has 120 valence electrons. The van der Waals surface area contributed by atoms with E-state index in [9.17, 15) is 0 Å². The van der Waals surface area contributed by atoms with Crippen LogP contribution in [0.3, 0.4) is 0 Å². The molecule has 0 saturated carbocycles. The molecule has 3 rings (SSSR count). The first-order valence-corrected chi connectivity index (χ1v) is 8.57. The molecule has 1 aromatic carbocycles. The summed E-state index contributed by atoms with van der Waals surface area (Å²) >= 11 is 2.11. The average Bonchev–Trinajstić information content (AvgIpc) is 3.12. The molecular formula is C16H19IN6. The monoisotopic (exact) mass is 422 g/mol. The quantitative estimate of drug-likeness (QED) is 0.433. The molecule has 0 aliphatic heterocycles. The number of fused-ring (bicyclic) bond motifs is 1. The van der Waals surface area contributed by atoms with Crippen LogP contribution in [0, 0.1) is 0 Å². The molecular weight excluding hydrogens is 403 g/mol. The van der Waals surface area contributed by atoms with E-state index >= 15 is 0 Å². The number of H-pyrrole nitrogens is 2. The van der Waals surface area contributed by atoms with E-state index in [0.717, 1.165) is 39.6 Å². The van der Waals surface area contributed by atoms with Crippen molar-refractivity contribution in [1.29, 1.82) is 0 Å². The summed E-state index contributed by atoms with van der Waals surface area (Å²) < 4.78 is 1.75. The Hall–Kier alpha value is -1.90. The normalized spacial score (nSPS) is 12.4. The molecule has 0 spiro atoms. The van der Waals surface area contributed by atoms with Gasteiger partial charge in [0.15, 0.2) is 5.82 Å². The zero-order valence-corrected chi connectivity index (χ0v) is 15.7. The predicted molar refractivity (Wildman–Crippen MR) is 104 cm³/mol. The van der Waals surface area contributed by atoms with Crippen LogP contribution >= 0.6 is 22.6 Å². The number of hydrogen-bond acceptors (Lipinski definition) is 4. The van der Waals surface area contributed by atoms with Gasteiger partial charge in [-0.15, -0.1) is 0 Å². The Bertz CT molecular complexity index is 868. The summed E-state index contributed by atoms with van der Waals surface area (Å²) in [6.45, 7) is 6.45. The maximum atomic E-state index is 4.66. The minimum atomic E-state index is 0.0265. The fourth-order valence-electron chi connectivity index (χ4n) is 2.35. The fraction of sp³-hybridized carbons (Fsp3) is 0.312. The zero-order valence-electron chi connectivity index (χ0n) is 13.5. The van der Waals surface area contributed by atoms with Crippen molar-refractivity contribution in [2.45, 2.75) is 26.2 Å². The molecule has 0 bridgehead atoms. The molecule has 2 heterocycles. The average molecular weight is 422 g/mol. The summed E-state index contributed by atoms with van der Waals surface area (Å²) in [6, 6.07) is 6.02. The van der Waals surface area contributed by atoms with Crippen molar-refractivity contribution in [1.82, 2.24) is 20.2 Å². The number of aromatic amines is 2. The minimum Gasteiger partial charge on any atom is -0.386 e. The van der Waals surface area contributed by atoms with Gasteiger partial charge in [0.1, 0.15) is 5.69 Å². The van der Waals surface area contributed by atoms with Crippen molar-refractivity contribution in [3.05, 3.63) is 23.9 Å². The molecule has 0 unspecified atom stereocenters. The Morgan fingerprint density at radius 2 is 2.04 bits per heavy atom. The third-order valence-electron chi connectivity index (χ3n) is 3.69. The molecule has 3 N–H and O–H groups in total. The maximum Gasteiger partial charge on any atom is 0.159 e. The van der Waals surface area contributed by atoms with Crippen molar-refractivity contribution in [3.63, 3.8) is 0 Å². The number of imidazole rings is 1. The van der Waals surface area contributed by atoms with Gasteiger partial charge in [0, 0.05) is 18.2 Å². The number of benzene rings is 1. The number of aromatic nitrogens is 4. The lowest BCUT2D eigenvalue weighted by molar-refractivity contribution is 0.567. The smallest absolute Gasteiger partial charge is 0.159 e. The fourth-order valence-corrected chi connectivity index (χ4v) is 2.65. The second-order valence-corrected chi connectivity index (χ2v) is 6.92. The Balaban J connectivity index is 2.08. The number of anilines is 1. The molecule has 0 atom stereocenters. The lowest BCUT2D eigenvalue weighted by Crippen LogP contribution is -2.11. The van der Waals surface area contributed by atoms with Crippen LogP contribution in [0.15, 0.2) is 23.2 Å². The van der Waals surface area contributed by atoms with Crippen molar-refractivity contribution in [2.75, 3.05) is 12.4 Å². The van der Waals surface area contributed by atoms with Gasteiger partial charge >= 0.3 is 0 Å². The van der Waals surface area contributed by atoms with Gasteiger partial charge < -0.3 is 10.3 Å². The third kappa shape index (κ3) is 3.10. The van der Waals surface area contributed by atoms with E-state index in [4.69, 9.17) is 0 Å². The molecule has 0 fully saturated rings. The number of hydrogen-bond donors (Lipinski definition) is 3. The van der Waals surface area contributed by atoms with Crippen LogP contribution in [0.25, 0.3) is 22.6 Å². The van der Waals surface area contributed by atoms with Gasteiger partial charge in [-0.3, -0.25) is 5.10 Å². The van der Waals surface area contributed by atoms with Crippen LogP contribution in [-0.2, 0) is 5.41 Å². The molecule has 23 heavy (non-hydrogen) atoms. The molecule has 2 aromatic heterocycles. The van der Waals surface area contributed by atoms with Crippen molar-refractivity contribution in [3.8, 4) is 11.5 Å². The number of nitrogens with zero attached hydrogens (tertiary/aromatic N) is 3. The predicted octanol–water partition coefficient (Wildman–Crippen LogP) is 4.39. The van der Waals surface area contributed by atoms with E-state index in [1.807, 2.05) is 25.2 Å². The summed E-state index contributed by atoms with van der Waals surface area (Å²) in [5.74, 6) is 0.754. The van der Waals surface area contributed by atoms with Crippen LogP contribution in [0.2, 0.25) is 0 Å². The Morgan fingerprint density at radius 1 is 1.26 bits per heavy atom. The first-order valence-electron chi connectivity index (χ1n) is 7.33. The first kappa shape index (κ1) is 16.0. The van der Waals surface area contributed by atoms with Crippen molar-refractivity contribution >= 4 is 49.2 Å². The SMILES string of the molecule is CNc1cc2nc(-c3cc(C(C)(C)C)[nH]n3)[nH]c2cc1/N=C/I.